The quantitative estimate of drug-likeness (QED) is 0.723. The number of hydrogen-bond donors (Lipinski definition) is 0. The molecule has 2 aliphatic rings. The summed E-state index contributed by atoms with van der Waals surface area (Å²) in [4.78, 5) is 31.0. The van der Waals surface area contributed by atoms with Crippen LogP contribution in [-0.4, -0.2) is 91.2 Å². The maximum absolute atomic E-state index is 12.8. The number of piperazine rings is 2. The summed E-state index contributed by atoms with van der Waals surface area (Å²) in [6.45, 7) is 10.6. The monoisotopic (exact) mass is 424 g/mol. The number of amides is 1. The van der Waals surface area contributed by atoms with Crippen molar-refractivity contribution in [1.82, 2.24) is 19.8 Å². The van der Waals surface area contributed by atoms with Gasteiger partial charge in [-0.15, -0.1) is 0 Å². The second-order valence-electron chi connectivity index (χ2n) is 8.31. The van der Waals surface area contributed by atoms with E-state index in [0.717, 1.165) is 62.5 Å². The molecule has 166 valence electrons. The highest BCUT2D eigenvalue weighted by Crippen LogP contribution is 2.22. The summed E-state index contributed by atoms with van der Waals surface area (Å²) in [5.41, 5.74) is 0. The molecule has 4 rings (SSSR count). The number of nitrogens with zero attached hydrogens (tertiary/aromatic N) is 6. The predicted molar refractivity (Wildman–Crippen MR) is 122 cm³/mol. The van der Waals surface area contributed by atoms with Gasteiger partial charge < -0.3 is 24.3 Å². The summed E-state index contributed by atoms with van der Waals surface area (Å²) >= 11 is 0. The average Bonchev–Trinajstić information content (AvgIpc) is 2.79. The van der Waals surface area contributed by atoms with Crippen molar-refractivity contribution in [3.8, 4) is 5.75 Å². The molecule has 0 aliphatic carbocycles. The summed E-state index contributed by atoms with van der Waals surface area (Å²) < 4.78 is 5.81. The van der Waals surface area contributed by atoms with Gasteiger partial charge in [-0.2, -0.15) is 0 Å². The van der Waals surface area contributed by atoms with Gasteiger partial charge in [0.25, 0.3) is 5.91 Å². The Labute approximate surface area is 184 Å². The number of hydrogen-bond acceptors (Lipinski definition) is 7. The van der Waals surface area contributed by atoms with E-state index in [2.05, 4.69) is 37.8 Å². The van der Waals surface area contributed by atoms with E-state index in [-0.39, 0.29) is 5.91 Å². The van der Waals surface area contributed by atoms with Crippen molar-refractivity contribution in [2.75, 3.05) is 69.2 Å². The number of rotatable bonds is 5. The van der Waals surface area contributed by atoms with Crippen LogP contribution in [0.25, 0.3) is 0 Å². The number of benzene rings is 1. The first-order chi connectivity index (χ1) is 15.0. The number of anilines is 2. The molecule has 2 aliphatic heterocycles. The Morgan fingerprint density at radius 1 is 0.903 bits per heavy atom. The zero-order valence-corrected chi connectivity index (χ0v) is 18.7. The minimum Gasteiger partial charge on any atom is -0.481 e. The predicted octanol–water partition coefficient (Wildman–Crippen LogP) is 1.65. The highest BCUT2D eigenvalue weighted by molar-refractivity contribution is 5.81. The second kappa shape index (κ2) is 9.51. The van der Waals surface area contributed by atoms with Crippen LogP contribution in [0.2, 0.25) is 0 Å². The van der Waals surface area contributed by atoms with Gasteiger partial charge in [0.1, 0.15) is 23.2 Å². The van der Waals surface area contributed by atoms with Crippen molar-refractivity contribution in [3.63, 3.8) is 0 Å². The van der Waals surface area contributed by atoms with Gasteiger partial charge >= 0.3 is 0 Å². The highest BCUT2D eigenvalue weighted by atomic mass is 16.5. The second-order valence-corrected chi connectivity index (χ2v) is 8.31. The topological polar surface area (TPSA) is 65.0 Å². The van der Waals surface area contributed by atoms with Gasteiger partial charge in [0.2, 0.25) is 0 Å². The van der Waals surface area contributed by atoms with Crippen LogP contribution in [0.15, 0.2) is 36.4 Å². The molecule has 3 heterocycles. The van der Waals surface area contributed by atoms with Crippen LogP contribution < -0.4 is 14.5 Å². The van der Waals surface area contributed by atoms with E-state index < -0.39 is 6.10 Å². The third kappa shape index (κ3) is 5.25. The van der Waals surface area contributed by atoms with Crippen LogP contribution in [0.1, 0.15) is 12.7 Å². The Morgan fingerprint density at radius 2 is 1.45 bits per heavy atom. The third-order valence-electron chi connectivity index (χ3n) is 5.96. The van der Waals surface area contributed by atoms with E-state index in [1.807, 2.05) is 49.1 Å². The van der Waals surface area contributed by atoms with Crippen molar-refractivity contribution >= 4 is 17.5 Å². The highest BCUT2D eigenvalue weighted by Gasteiger charge is 2.27. The molecule has 31 heavy (non-hydrogen) atoms. The van der Waals surface area contributed by atoms with E-state index in [1.165, 1.54) is 0 Å². The van der Waals surface area contributed by atoms with Crippen molar-refractivity contribution < 1.29 is 9.53 Å². The summed E-state index contributed by atoms with van der Waals surface area (Å²) in [7, 11) is 2.15. The Morgan fingerprint density at radius 3 is 2.03 bits per heavy atom. The number of ether oxygens (including phenoxy) is 1. The van der Waals surface area contributed by atoms with Crippen LogP contribution >= 0.6 is 0 Å². The van der Waals surface area contributed by atoms with Gasteiger partial charge in [0.05, 0.1) is 0 Å². The molecule has 2 aromatic rings. The van der Waals surface area contributed by atoms with E-state index in [9.17, 15) is 4.79 Å². The fourth-order valence-corrected chi connectivity index (χ4v) is 4.06. The lowest BCUT2D eigenvalue weighted by Gasteiger charge is -2.37. The fraction of sp³-hybridized carbons (Fsp3) is 0.522. The smallest absolute Gasteiger partial charge is 0.263 e. The first-order valence-corrected chi connectivity index (χ1v) is 11.0. The maximum atomic E-state index is 12.8. The molecule has 0 spiro atoms. The minimum absolute atomic E-state index is 0.0282. The van der Waals surface area contributed by atoms with Gasteiger partial charge in [-0.1, -0.05) is 18.2 Å². The Bertz CT molecular complexity index is 877. The lowest BCUT2D eigenvalue weighted by molar-refractivity contribution is -0.138. The van der Waals surface area contributed by atoms with E-state index in [1.54, 1.807) is 0 Å². The van der Waals surface area contributed by atoms with E-state index in [4.69, 9.17) is 4.74 Å². The van der Waals surface area contributed by atoms with Gasteiger partial charge in [-0.05, 0) is 33.0 Å². The summed E-state index contributed by atoms with van der Waals surface area (Å²) in [5.74, 6) is 3.48. The molecule has 1 aromatic heterocycles. The molecule has 1 atom stereocenters. The first kappa shape index (κ1) is 21.4. The molecule has 1 amide bonds. The Balaban J connectivity index is 1.35. The number of aryl methyl sites for hydroxylation is 1. The Kier molecular flexibility index (Phi) is 6.56. The number of para-hydroxylation sites is 1. The SMILES string of the molecule is Cc1nc(N2CCN(C)CC2)cc(N2CCN(C(=O)C(C)Oc3ccccc3)CC2)n1. The van der Waals surface area contributed by atoms with Crippen molar-refractivity contribution in [1.29, 1.82) is 0 Å². The van der Waals surface area contributed by atoms with Gasteiger partial charge in [-0.3, -0.25) is 4.79 Å². The van der Waals surface area contributed by atoms with Crippen LogP contribution in [0, 0.1) is 6.92 Å². The van der Waals surface area contributed by atoms with E-state index in [0.29, 0.717) is 13.1 Å². The van der Waals surface area contributed by atoms with Crippen molar-refractivity contribution in [2.45, 2.75) is 20.0 Å². The largest absolute Gasteiger partial charge is 0.481 e. The Hall–Kier alpha value is -2.87. The molecular formula is C23H32N6O2. The maximum Gasteiger partial charge on any atom is 0.263 e. The number of carbonyl (C=O) groups is 1. The third-order valence-corrected chi connectivity index (χ3v) is 5.96. The first-order valence-electron chi connectivity index (χ1n) is 11.0. The number of aromatic nitrogens is 2. The molecule has 2 saturated heterocycles. The van der Waals surface area contributed by atoms with Crippen LogP contribution in [0.5, 0.6) is 5.75 Å². The molecular weight excluding hydrogens is 392 g/mol. The van der Waals surface area contributed by atoms with E-state index >= 15 is 0 Å². The van der Waals surface area contributed by atoms with Crippen LogP contribution in [0.4, 0.5) is 11.6 Å². The molecule has 0 N–H and O–H groups in total. The molecule has 0 saturated carbocycles. The summed E-state index contributed by atoms with van der Waals surface area (Å²) in [6, 6.07) is 11.6. The van der Waals surface area contributed by atoms with Gasteiger partial charge in [-0.25, -0.2) is 9.97 Å². The average molecular weight is 425 g/mol. The lowest BCUT2D eigenvalue weighted by Crippen LogP contribution is -2.52. The molecule has 8 heteroatoms. The zero-order chi connectivity index (χ0) is 21.8. The molecule has 8 nitrogen and oxygen atoms in total. The van der Waals surface area contributed by atoms with Crippen molar-refractivity contribution in [3.05, 3.63) is 42.2 Å². The van der Waals surface area contributed by atoms with Gasteiger partial charge in [0.15, 0.2) is 6.10 Å². The normalized spacial score (nSPS) is 18.7. The molecule has 2 fully saturated rings. The van der Waals surface area contributed by atoms with Crippen LogP contribution in [0.3, 0.4) is 0 Å². The minimum atomic E-state index is -0.501. The number of carbonyl (C=O) groups excluding carboxylic acids is 1. The fourth-order valence-electron chi connectivity index (χ4n) is 4.06. The molecule has 1 unspecified atom stereocenters. The lowest BCUT2D eigenvalue weighted by atomic mass is 10.2. The summed E-state index contributed by atoms with van der Waals surface area (Å²) in [6.07, 6.45) is -0.501. The van der Waals surface area contributed by atoms with Crippen molar-refractivity contribution in [2.24, 2.45) is 0 Å². The standard InChI is InChI=1S/C23H32N6O2/c1-18(31-20-7-5-4-6-8-20)23(30)29-15-13-28(14-16-29)22-17-21(24-19(2)25-22)27-11-9-26(3)10-12-27/h4-8,17-18H,9-16H2,1-3H3. The molecule has 0 bridgehead atoms. The number of likely N-dealkylation sites (N-methyl/N-ethyl adjacent to an activating group) is 1. The zero-order valence-electron chi connectivity index (χ0n) is 18.7. The van der Waals surface area contributed by atoms with Crippen LogP contribution in [-0.2, 0) is 4.79 Å². The van der Waals surface area contributed by atoms with Gasteiger partial charge in [0, 0.05) is 58.4 Å². The molecule has 1 aromatic carbocycles. The molecule has 0 radical (unpaired) electrons. The summed E-state index contributed by atoms with van der Waals surface area (Å²) in [5, 5.41) is 0.